The van der Waals surface area contributed by atoms with Gasteiger partial charge in [0.1, 0.15) is 5.75 Å². The third-order valence-electron chi connectivity index (χ3n) is 5.98. The molecule has 0 aromatic heterocycles. The molecule has 3 unspecified atom stereocenters. The Morgan fingerprint density at radius 2 is 1.90 bits per heavy atom. The number of hydrogen-bond donors (Lipinski definition) is 2. The Labute approximate surface area is 127 Å². The smallest absolute Gasteiger partial charge is 0.115 e. The lowest BCUT2D eigenvalue weighted by molar-refractivity contribution is 0.0458. The monoisotopic (exact) mass is 286 g/mol. The Kier molecular flexibility index (Phi) is 3.43. The van der Waals surface area contributed by atoms with Crippen molar-refractivity contribution in [2.45, 2.75) is 69.1 Å². The summed E-state index contributed by atoms with van der Waals surface area (Å²) in [5, 5.41) is 13.6. The van der Waals surface area contributed by atoms with Gasteiger partial charge in [-0.05, 0) is 68.8 Å². The first-order chi connectivity index (χ1) is 10.2. The number of nitrogens with one attached hydrogen (secondary N) is 1. The highest BCUT2D eigenvalue weighted by molar-refractivity contribution is 5.40. The Hall–Kier alpha value is -1.06. The van der Waals surface area contributed by atoms with E-state index in [1.54, 1.807) is 0 Å². The molecule has 114 valence electrons. The summed E-state index contributed by atoms with van der Waals surface area (Å²) < 4.78 is 0. The molecule has 2 bridgehead atoms. The molecule has 0 saturated carbocycles. The highest BCUT2D eigenvalue weighted by Crippen LogP contribution is 2.37. The van der Waals surface area contributed by atoms with Crippen molar-refractivity contribution in [3.05, 3.63) is 29.3 Å². The largest absolute Gasteiger partial charge is 0.508 e. The van der Waals surface area contributed by atoms with Crippen molar-refractivity contribution in [1.29, 1.82) is 0 Å². The predicted octanol–water partition coefficient (Wildman–Crippen LogP) is 2.98. The molecule has 3 aliphatic rings. The molecular formula is C18H26N2O. The van der Waals surface area contributed by atoms with Crippen molar-refractivity contribution >= 4 is 0 Å². The Bertz CT molecular complexity index is 516. The molecular weight excluding hydrogens is 260 g/mol. The molecule has 3 heteroatoms. The van der Waals surface area contributed by atoms with Gasteiger partial charge in [-0.25, -0.2) is 0 Å². The molecule has 2 aliphatic heterocycles. The maximum atomic E-state index is 9.62. The lowest BCUT2D eigenvalue weighted by atomic mass is 9.82. The van der Waals surface area contributed by atoms with Gasteiger partial charge in [0.25, 0.3) is 0 Å². The molecule has 2 fully saturated rings. The van der Waals surface area contributed by atoms with E-state index in [9.17, 15) is 5.11 Å². The van der Waals surface area contributed by atoms with Crippen LogP contribution >= 0.6 is 0 Å². The van der Waals surface area contributed by atoms with E-state index in [-0.39, 0.29) is 0 Å². The minimum Gasteiger partial charge on any atom is -0.508 e. The summed E-state index contributed by atoms with van der Waals surface area (Å²) >= 11 is 0. The van der Waals surface area contributed by atoms with Gasteiger partial charge in [0, 0.05) is 24.2 Å². The SMILES string of the molecule is CN1C2CCCC1CC(NC1CCc3cc(O)ccc31)C2. The highest BCUT2D eigenvalue weighted by Gasteiger charge is 2.37. The second-order valence-electron chi connectivity index (χ2n) is 7.21. The van der Waals surface area contributed by atoms with Crippen molar-refractivity contribution in [2.75, 3.05) is 7.05 Å². The average molecular weight is 286 g/mol. The van der Waals surface area contributed by atoms with E-state index in [0.29, 0.717) is 17.8 Å². The second kappa shape index (κ2) is 5.29. The number of nitrogens with zero attached hydrogens (tertiary/aromatic N) is 1. The first-order valence-electron chi connectivity index (χ1n) is 8.50. The maximum Gasteiger partial charge on any atom is 0.115 e. The minimum absolute atomic E-state index is 0.406. The molecule has 3 nitrogen and oxygen atoms in total. The first-order valence-corrected chi connectivity index (χ1v) is 8.50. The molecule has 21 heavy (non-hydrogen) atoms. The van der Waals surface area contributed by atoms with Crippen LogP contribution in [0.25, 0.3) is 0 Å². The van der Waals surface area contributed by atoms with Crippen molar-refractivity contribution in [3.63, 3.8) is 0 Å². The zero-order chi connectivity index (χ0) is 14.4. The number of phenolic OH excluding ortho intramolecular Hbond substituents is 1. The number of phenols is 1. The number of rotatable bonds is 2. The molecule has 0 spiro atoms. The van der Waals surface area contributed by atoms with Gasteiger partial charge in [-0.15, -0.1) is 0 Å². The number of fused-ring (bicyclic) bond motifs is 3. The van der Waals surface area contributed by atoms with Crippen LogP contribution in [0.2, 0.25) is 0 Å². The molecule has 1 aromatic carbocycles. The Balaban J connectivity index is 1.46. The number of piperidine rings is 2. The summed E-state index contributed by atoms with van der Waals surface area (Å²) in [6.45, 7) is 0. The zero-order valence-corrected chi connectivity index (χ0v) is 12.9. The fourth-order valence-corrected chi connectivity index (χ4v) is 4.81. The number of hydrogen-bond acceptors (Lipinski definition) is 3. The fourth-order valence-electron chi connectivity index (χ4n) is 4.81. The predicted molar refractivity (Wildman–Crippen MR) is 84.5 cm³/mol. The molecule has 3 atom stereocenters. The van der Waals surface area contributed by atoms with Crippen LogP contribution in [0, 0.1) is 0 Å². The van der Waals surface area contributed by atoms with Crippen LogP contribution in [0.4, 0.5) is 0 Å². The standard InChI is InChI=1S/C18H26N2O/c1-20-14-3-2-4-15(20)11-13(10-14)19-18-8-5-12-9-16(21)6-7-17(12)18/h6-7,9,13-15,18-19,21H,2-5,8,10-11H2,1H3. The van der Waals surface area contributed by atoms with E-state index in [4.69, 9.17) is 0 Å². The quantitative estimate of drug-likeness (QED) is 0.877. The van der Waals surface area contributed by atoms with Crippen molar-refractivity contribution in [1.82, 2.24) is 10.2 Å². The lowest BCUT2D eigenvalue weighted by Crippen LogP contribution is -2.54. The normalized spacial score (nSPS) is 35.7. The zero-order valence-electron chi connectivity index (χ0n) is 12.9. The summed E-state index contributed by atoms with van der Waals surface area (Å²) in [4.78, 5) is 2.63. The molecule has 0 amide bonds. The fraction of sp³-hybridized carbons (Fsp3) is 0.667. The van der Waals surface area contributed by atoms with Crippen LogP contribution in [0.5, 0.6) is 5.75 Å². The van der Waals surface area contributed by atoms with E-state index in [0.717, 1.165) is 18.5 Å². The molecule has 4 rings (SSSR count). The number of benzene rings is 1. The lowest BCUT2D eigenvalue weighted by Gasteiger charge is -2.47. The van der Waals surface area contributed by atoms with E-state index >= 15 is 0 Å². The van der Waals surface area contributed by atoms with Crippen LogP contribution in [0.15, 0.2) is 18.2 Å². The van der Waals surface area contributed by atoms with Gasteiger partial charge in [0.05, 0.1) is 0 Å². The molecule has 0 radical (unpaired) electrons. The van der Waals surface area contributed by atoms with Crippen LogP contribution in [-0.2, 0) is 6.42 Å². The van der Waals surface area contributed by atoms with E-state index in [1.165, 1.54) is 49.7 Å². The van der Waals surface area contributed by atoms with Crippen LogP contribution < -0.4 is 5.32 Å². The van der Waals surface area contributed by atoms with Crippen LogP contribution in [0.3, 0.4) is 0 Å². The van der Waals surface area contributed by atoms with Gasteiger partial charge < -0.3 is 15.3 Å². The van der Waals surface area contributed by atoms with Crippen molar-refractivity contribution < 1.29 is 5.11 Å². The number of aryl methyl sites for hydroxylation is 1. The molecule has 2 heterocycles. The van der Waals surface area contributed by atoms with Gasteiger partial charge >= 0.3 is 0 Å². The van der Waals surface area contributed by atoms with E-state index in [1.807, 2.05) is 12.1 Å². The van der Waals surface area contributed by atoms with Crippen molar-refractivity contribution in [2.24, 2.45) is 0 Å². The topological polar surface area (TPSA) is 35.5 Å². The summed E-state index contributed by atoms with van der Waals surface area (Å²) in [5.41, 5.74) is 2.75. The van der Waals surface area contributed by atoms with Gasteiger partial charge in [-0.2, -0.15) is 0 Å². The summed E-state index contributed by atoms with van der Waals surface area (Å²) in [5.74, 6) is 0.406. The maximum absolute atomic E-state index is 9.62. The van der Waals surface area contributed by atoms with Gasteiger partial charge in [-0.3, -0.25) is 0 Å². The number of aromatic hydroxyl groups is 1. The Morgan fingerprint density at radius 1 is 1.14 bits per heavy atom. The first kappa shape index (κ1) is 13.6. The molecule has 2 saturated heterocycles. The highest BCUT2D eigenvalue weighted by atomic mass is 16.3. The average Bonchev–Trinajstić information content (AvgIpc) is 2.82. The van der Waals surface area contributed by atoms with Gasteiger partial charge in [0.15, 0.2) is 0 Å². The molecule has 1 aliphatic carbocycles. The summed E-state index contributed by atoms with van der Waals surface area (Å²) in [7, 11) is 2.32. The van der Waals surface area contributed by atoms with Crippen molar-refractivity contribution in [3.8, 4) is 5.75 Å². The third-order valence-corrected chi connectivity index (χ3v) is 5.98. The van der Waals surface area contributed by atoms with E-state index in [2.05, 4.69) is 23.3 Å². The van der Waals surface area contributed by atoms with E-state index < -0.39 is 0 Å². The van der Waals surface area contributed by atoms with Gasteiger partial charge in [0.2, 0.25) is 0 Å². The summed E-state index contributed by atoms with van der Waals surface area (Å²) in [6.07, 6.45) is 9.05. The van der Waals surface area contributed by atoms with Gasteiger partial charge in [-0.1, -0.05) is 12.5 Å². The molecule has 1 aromatic rings. The van der Waals surface area contributed by atoms with Crippen LogP contribution in [0.1, 0.15) is 55.7 Å². The summed E-state index contributed by atoms with van der Waals surface area (Å²) in [6, 6.07) is 8.63. The third kappa shape index (κ3) is 2.47. The minimum atomic E-state index is 0.406. The second-order valence-corrected chi connectivity index (χ2v) is 7.21. The molecule has 2 N–H and O–H groups in total. The van der Waals surface area contributed by atoms with Crippen LogP contribution in [-0.4, -0.2) is 35.2 Å². The Morgan fingerprint density at radius 3 is 2.67 bits per heavy atom.